The average molecular weight is 221 g/mol. The van der Waals surface area contributed by atoms with E-state index in [0.29, 0.717) is 0 Å². The van der Waals surface area contributed by atoms with Gasteiger partial charge in [-0.05, 0) is 23.6 Å². The van der Waals surface area contributed by atoms with Crippen molar-refractivity contribution in [1.82, 2.24) is 4.98 Å². The molecule has 88 valence electrons. The van der Waals surface area contributed by atoms with Gasteiger partial charge in [-0.15, -0.1) is 0 Å². The number of aromatic hydroxyl groups is 2. The highest BCUT2D eigenvalue weighted by Crippen LogP contribution is 2.29. The van der Waals surface area contributed by atoms with E-state index in [-0.39, 0.29) is 11.5 Å². The molecule has 0 aliphatic rings. The third kappa shape index (κ3) is 3.42. The molecule has 0 saturated carbocycles. The summed E-state index contributed by atoms with van der Waals surface area (Å²) in [5, 5.41) is 20.0. The Labute approximate surface area is 96.4 Å². The van der Waals surface area contributed by atoms with Crippen LogP contribution in [0.15, 0.2) is 30.6 Å². The van der Waals surface area contributed by atoms with E-state index in [1.54, 1.807) is 18.5 Å². The fraction of sp³-hybridized carbons (Fsp3) is 0.308. The van der Waals surface area contributed by atoms with Gasteiger partial charge in [-0.2, -0.15) is 0 Å². The molecule has 1 heterocycles. The lowest BCUT2D eigenvalue weighted by Crippen LogP contribution is -1.75. The highest BCUT2D eigenvalue weighted by atomic mass is 16.3. The van der Waals surface area contributed by atoms with Crippen molar-refractivity contribution in [3.05, 3.63) is 30.6 Å². The maximum absolute atomic E-state index is 9.15. The Morgan fingerprint density at radius 1 is 0.875 bits per heavy atom. The Bertz CT molecular complexity index is 387. The SMILES string of the molecule is CC.CC.Oc1cc2ccncc2cc1O. The van der Waals surface area contributed by atoms with Gasteiger partial charge in [-0.25, -0.2) is 0 Å². The fourth-order valence-corrected chi connectivity index (χ4v) is 1.11. The third-order valence-corrected chi connectivity index (χ3v) is 1.73. The summed E-state index contributed by atoms with van der Waals surface area (Å²) in [4.78, 5) is 3.89. The molecule has 0 atom stereocenters. The molecule has 1 aromatic carbocycles. The monoisotopic (exact) mass is 221 g/mol. The Morgan fingerprint density at radius 2 is 1.38 bits per heavy atom. The first-order valence-electron chi connectivity index (χ1n) is 5.53. The van der Waals surface area contributed by atoms with Crippen molar-refractivity contribution >= 4 is 10.8 Å². The van der Waals surface area contributed by atoms with E-state index in [4.69, 9.17) is 10.2 Å². The maximum Gasteiger partial charge on any atom is 0.158 e. The molecule has 2 N–H and O–H groups in total. The van der Waals surface area contributed by atoms with Crippen LogP contribution < -0.4 is 0 Å². The number of phenolic OH excluding ortho intramolecular Hbond substituents is 2. The van der Waals surface area contributed by atoms with Gasteiger partial charge in [0.05, 0.1) is 0 Å². The quantitative estimate of drug-likeness (QED) is 0.667. The number of hydrogen-bond acceptors (Lipinski definition) is 3. The predicted molar refractivity (Wildman–Crippen MR) is 67.8 cm³/mol. The number of aromatic nitrogens is 1. The van der Waals surface area contributed by atoms with Gasteiger partial charge >= 0.3 is 0 Å². The molecule has 0 spiro atoms. The standard InChI is InChI=1S/C9H7NO2.2C2H6/c11-8-3-6-1-2-10-5-7(6)4-9(8)12;2*1-2/h1-5,11-12H;2*1-2H3. The smallest absolute Gasteiger partial charge is 0.158 e. The molecule has 0 amide bonds. The normalized spacial score (nSPS) is 8.50. The highest BCUT2D eigenvalue weighted by molar-refractivity contribution is 5.84. The zero-order valence-electron chi connectivity index (χ0n) is 10.2. The van der Waals surface area contributed by atoms with E-state index in [0.717, 1.165) is 10.8 Å². The molecule has 0 saturated heterocycles. The van der Waals surface area contributed by atoms with Gasteiger partial charge in [0.2, 0.25) is 0 Å². The van der Waals surface area contributed by atoms with E-state index < -0.39 is 0 Å². The number of pyridine rings is 1. The Morgan fingerprint density at radius 3 is 1.94 bits per heavy atom. The van der Waals surface area contributed by atoms with Gasteiger partial charge in [-0.1, -0.05) is 27.7 Å². The molecule has 16 heavy (non-hydrogen) atoms. The lowest BCUT2D eigenvalue weighted by molar-refractivity contribution is 0.405. The molecule has 0 aliphatic heterocycles. The molecule has 1 aromatic heterocycles. The number of nitrogens with zero attached hydrogens (tertiary/aromatic N) is 1. The highest BCUT2D eigenvalue weighted by Gasteiger charge is 2.00. The number of benzene rings is 1. The topological polar surface area (TPSA) is 53.4 Å². The summed E-state index contributed by atoms with van der Waals surface area (Å²) in [7, 11) is 0. The van der Waals surface area contributed by atoms with Crippen LogP contribution in [0.1, 0.15) is 27.7 Å². The van der Waals surface area contributed by atoms with Crippen LogP contribution in [0.4, 0.5) is 0 Å². The van der Waals surface area contributed by atoms with Crippen LogP contribution >= 0.6 is 0 Å². The van der Waals surface area contributed by atoms with Gasteiger partial charge in [-0.3, -0.25) is 4.98 Å². The van der Waals surface area contributed by atoms with Gasteiger partial charge in [0.1, 0.15) is 0 Å². The van der Waals surface area contributed by atoms with Crippen molar-refractivity contribution in [2.24, 2.45) is 0 Å². The van der Waals surface area contributed by atoms with Crippen molar-refractivity contribution < 1.29 is 10.2 Å². The summed E-state index contributed by atoms with van der Waals surface area (Å²) >= 11 is 0. The van der Waals surface area contributed by atoms with E-state index in [9.17, 15) is 0 Å². The lowest BCUT2D eigenvalue weighted by atomic mass is 10.1. The summed E-state index contributed by atoms with van der Waals surface area (Å²) in [6.45, 7) is 8.00. The van der Waals surface area contributed by atoms with Crippen LogP contribution in [0.2, 0.25) is 0 Å². The van der Waals surface area contributed by atoms with Crippen molar-refractivity contribution in [3.8, 4) is 11.5 Å². The van der Waals surface area contributed by atoms with Crippen LogP contribution in [0.25, 0.3) is 10.8 Å². The van der Waals surface area contributed by atoms with E-state index in [1.165, 1.54) is 12.1 Å². The largest absolute Gasteiger partial charge is 0.504 e. The first-order valence-corrected chi connectivity index (χ1v) is 5.53. The van der Waals surface area contributed by atoms with E-state index in [2.05, 4.69) is 4.98 Å². The lowest BCUT2D eigenvalue weighted by Gasteiger charge is -1.99. The maximum atomic E-state index is 9.15. The zero-order chi connectivity index (χ0) is 12.6. The molecule has 2 aromatic rings. The number of fused-ring (bicyclic) bond motifs is 1. The van der Waals surface area contributed by atoms with Gasteiger partial charge in [0, 0.05) is 17.8 Å². The fourth-order valence-electron chi connectivity index (χ4n) is 1.11. The molecule has 3 heteroatoms. The second-order valence-corrected chi connectivity index (χ2v) is 2.56. The second kappa shape index (κ2) is 7.51. The van der Waals surface area contributed by atoms with Crippen molar-refractivity contribution in [2.45, 2.75) is 27.7 Å². The van der Waals surface area contributed by atoms with Crippen LogP contribution in [-0.2, 0) is 0 Å². The molecule has 3 nitrogen and oxygen atoms in total. The van der Waals surface area contributed by atoms with E-state index in [1.807, 2.05) is 27.7 Å². The number of hydrogen-bond donors (Lipinski definition) is 2. The molecule has 2 rings (SSSR count). The number of rotatable bonds is 0. The van der Waals surface area contributed by atoms with Crippen LogP contribution in [0.3, 0.4) is 0 Å². The van der Waals surface area contributed by atoms with Crippen molar-refractivity contribution in [2.75, 3.05) is 0 Å². The molecule has 0 bridgehead atoms. The molecule has 0 aliphatic carbocycles. The summed E-state index contributed by atoms with van der Waals surface area (Å²) in [5.41, 5.74) is 0. The molecular weight excluding hydrogens is 202 g/mol. The first kappa shape index (κ1) is 14.2. The minimum atomic E-state index is -0.115. The van der Waals surface area contributed by atoms with Gasteiger partial charge in [0.15, 0.2) is 11.5 Å². The molecule has 0 unspecified atom stereocenters. The van der Waals surface area contributed by atoms with Crippen LogP contribution in [-0.4, -0.2) is 15.2 Å². The van der Waals surface area contributed by atoms with Crippen molar-refractivity contribution in [1.29, 1.82) is 0 Å². The molecule has 0 radical (unpaired) electrons. The first-order chi connectivity index (χ1) is 7.77. The minimum Gasteiger partial charge on any atom is -0.504 e. The zero-order valence-corrected chi connectivity index (χ0v) is 10.2. The van der Waals surface area contributed by atoms with Crippen molar-refractivity contribution in [3.63, 3.8) is 0 Å². The Kier molecular flexibility index (Phi) is 6.68. The summed E-state index contributed by atoms with van der Waals surface area (Å²) < 4.78 is 0. The minimum absolute atomic E-state index is 0.103. The van der Waals surface area contributed by atoms with Gasteiger partial charge in [0.25, 0.3) is 0 Å². The second-order valence-electron chi connectivity index (χ2n) is 2.56. The predicted octanol–water partition coefficient (Wildman–Crippen LogP) is 3.70. The summed E-state index contributed by atoms with van der Waals surface area (Å²) in [6.07, 6.45) is 3.27. The van der Waals surface area contributed by atoms with E-state index >= 15 is 0 Å². The average Bonchev–Trinajstić information content (AvgIpc) is 2.36. The van der Waals surface area contributed by atoms with Crippen LogP contribution in [0.5, 0.6) is 11.5 Å². The summed E-state index contributed by atoms with van der Waals surface area (Å²) in [5.74, 6) is -0.218. The molecule has 0 fully saturated rings. The van der Waals surface area contributed by atoms with Crippen LogP contribution in [0, 0.1) is 0 Å². The Balaban J connectivity index is 0.000000509. The Hall–Kier alpha value is -1.77. The third-order valence-electron chi connectivity index (χ3n) is 1.73. The molecular formula is C13H19NO2. The summed E-state index contributed by atoms with van der Waals surface area (Å²) in [6, 6.07) is 4.76. The number of phenols is 2. The van der Waals surface area contributed by atoms with Gasteiger partial charge < -0.3 is 10.2 Å².